The van der Waals surface area contributed by atoms with Gasteiger partial charge in [-0.15, -0.1) is 0 Å². The van der Waals surface area contributed by atoms with Crippen molar-refractivity contribution in [1.29, 1.82) is 0 Å². The third kappa shape index (κ3) is 4.61. The molecule has 0 N–H and O–H groups in total. The number of piperazine rings is 1. The molecule has 2 aliphatic heterocycles. The van der Waals surface area contributed by atoms with Gasteiger partial charge in [0.1, 0.15) is 5.75 Å². The number of benzene rings is 2. The Morgan fingerprint density at radius 1 is 1.00 bits per heavy atom. The number of para-hydroxylation sites is 1. The van der Waals surface area contributed by atoms with E-state index in [0.717, 1.165) is 22.6 Å². The number of carbonyl (C=O) groups excluding carboxylic acids is 2. The van der Waals surface area contributed by atoms with E-state index in [-0.39, 0.29) is 24.4 Å². The zero-order valence-corrected chi connectivity index (χ0v) is 18.0. The smallest absolute Gasteiger partial charge is 0.257 e. The van der Waals surface area contributed by atoms with Crippen molar-refractivity contribution in [3.63, 3.8) is 0 Å². The summed E-state index contributed by atoms with van der Waals surface area (Å²) >= 11 is 0. The van der Waals surface area contributed by atoms with Crippen molar-refractivity contribution in [2.75, 3.05) is 39.8 Å². The molecule has 4 rings (SSSR count). The highest BCUT2D eigenvalue weighted by atomic mass is 16.5. The summed E-state index contributed by atoms with van der Waals surface area (Å²) in [4.78, 5) is 28.8. The van der Waals surface area contributed by atoms with E-state index in [9.17, 15) is 9.59 Å². The first-order valence-electron chi connectivity index (χ1n) is 10.6. The second-order valence-corrected chi connectivity index (χ2v) is 7.90. The first-order chi connectivity index (χ1) is 15.1. The van der Waals surface area contributed by atoms with E-state index < -0.39 is 0 Å². The lowest BCUT2D eigenvalue weighted by Gasteiger charge is -2.34. The van der Waals surface area contributed by atoms with Crippen LogP contribution < -0.4 is 4.74 Å². The van der Waals surface area contributed by atoms with Crippen LogP contribution in [0.15, 0.2) is 59.7 Å². The zero-order valence-electron chi connectivity index (χ0n) is 18.0. The fourth-order valence-corrected chi connectivity index (χ4v) is 4.21. The summed E-state index contributed by atoms with van der Waals surface area (Å²) in [6, 6.07) is 17.6. The highest BCUT2D eigenvalue weighted by Gasteiger charge is 2.35. The van der Waals surface area contributed by atoms with Gasteiger partial charge in [0.15, 0.2) is 0 Å². The molecule has 7 heteroatoms. The highest BCUT2D eigenvalue weighted by molar-refractivity contribution is 6.03. The third-order valence-corrected chi connectivity index (χ3v) is 5.95. The predicted molar refractivity (Wildman–Crippen MR) is 119 cm³/mol. The van der Waals surface area contributed by atoms with E-state index in [0.29, 0.717) is 32.6 Å². The average molecular weight is 421 g/mol. The first kappa shape index (κ1) is 21.1. The van der Waals surface area contributed by atoms with Gasteiger partial charge in [0.2, 0.25) is 5.91 Å². The van der Waals surface area contributed by atoms with Crippen molar-refractivity contribution in [1.82, 2.24) is 14.8 Å². The van der Waals surface area contributed by atoms with Crippen LogP contribution in [0.1, 0.15) is 30.5 Å². The third-order valence-electron chi connectivity index (χ3n) is 5.95. The van der Waals surface area contributed by atoms with Gasteiger partial charge in [-0.25, -0.2) is 5.01 Å². The molecule has 0 bridgehead atoms. The topological polar surface area (TPSA) is 65.5 Å². The molecule has 1 saturated heterocycles. The summed E-state index contributed by atoms with van der Waals surface area (Å²) in [7, 11) is 1.65. The minimum atomic E-state index is -0.211. The van der Waals surface area contributed by atoms with Gasteiger partial charge in [-0.1, -0.05) is 48.5 Å². The number of nitrogens with zero attached hydrogens (tertiary/aromatic N) is 4. The van der Waals surface area contributed by atoms with Gasteiger partial charge >= 0.3 is 0 Å². The van der Waals surface area contributed by atoms with Gasteiger partial charge in [0.05, 0.1) is 25.4 Å². The number of amides is 2. The van der Waals surface area contributed by atoms with Crippen LogP contribution in [-0.2, 0) is 9.59 Å². The van der Waals surface area contributed by atoms with Gasteiger partial charge in [-0.3, -0.25) is 14.5 Å². The Balaban J connectivity index is 1.56. The Kier molecular flexibility index (Phi) is 6.32. The summed E-state index contributed by atoms with van der Waals surface area (Å²) in [6.45, 7) is 4.54. The maximum absolute atomic E-state index is 13.3. The molecule has 162 valence electrons. The Morgan fingerprint density at radius 2 is 1.68 bits per heavy atom. The van der Waals surface area contributed by atoms with E-state index >= 15 is 0 Å². The van der Waals surface area contributed by atoms with Crippen LogP contribution in [0.5, 0.6) is 5.75 Å². The summed E-state index contributed by atoms with van der Waals surface area (Å²) in [6.07, 6.45) is 0.633. The Bertz CT molecular complexity index is 968. The van der Waals surface area contributed by atoms with Crippen LogP contribution in [0.3, 0.4) is 0 Å². The van der Waals surface area contributed by atoms with E-state index in [1.165, 1.54) is 0 Å². The lowest BCUT2D eigenvalue weighted by atomic mass is 9.97. The normalized spacial score (nSPS) is 19.3. The van der Waals surface area contributed by atoms with Gasteiger partial charge in [-0.2, -0.15) is 5.10 Å². The molecule has 0 radical (unpaired) electrons. The fraction of sp³-hybridized carbons (Fsp3) is 0.375. The van der Waals surface area contributed by atoms with E-state index in [1.807, 2.05) is 59.5 Å². The molecule has 0 aliphatic carbocycles. The number of hydrazone groups is 1. The molecule has 0 aromatic heterocycles. The molecule has 31 heavy (non-hydrogen) atoms. The van der Waals surface area contributed by atoms with Gasteiger partial charge in [-0.05, 0) is 11.6 Å². The number of carbonyl (C=O) groups is 2. The Morgan fingerprint density at radius 3 is 2.35 bits per heavy atom. The SMILES string of the molecule is COc1ccccc1C1CC(c2ccccc2)=NN1C(=O)CN1CCN(C(C)=O)CC1. The summed E-state index contributed by atoms with van der Waals surface area (Å²) < 4.78 is 5.57. The molecule has 2 amide bonds. The van der Waals surface area contributed by atoms with Crippen LogP contribution in [-0.4, -0.2) is 72.2 Å². The quantitative estimate of drug-likeness (QED) is 0.746. The molecule has 2 aliphatic rings. The number of ether oxygens (including phenoxy) is 1. The molecule has 1 fully saturated rings. The van der Waals surface area contributed by atoms with Crippen LogP contribution in [0.25, 0.3) is 0 Å². The van der Waals surface area contributed by atoms with Crippen molar-refractivity contribution >= 4 is 17.5 Å². The molecule has 1 unspecified atom stereocenters. The molecule has 2 aromatic rings. The zero-order chi connectivity index (χ0) is 21.8. The van der Waals surface area contributed by atoms with Gasteiger partial charge in [0, 0.05) is 45.1 Å². The summed E-state index contributed by atoms with van der Waals surface area (Å²) in [5.41, 5.74) is 2.87. The summed E-state index contributed by atoms with van der Waals surface area (Å²) in [5, 5.41) is 6.38. The maximum atomic E-state index is 13.3. The van der Waals surface area contributed by atoms with Gasteiger partial charge in [0.25, 0.3) is 5.91 Å². The molecule has 7 nitrogen and oxygen atoms in total. The Hall–Kier alpha value is -3.19. The minimum absolute atomic E-state index is 0.0434. The van der Waals surface area contributed by atoms with Crippen LogP contribution in [0.4, 0.5) is 0 Å². The minimum Gasteiger partial charge on any atom is -0.496 e. The Labute approximate surface area is 182 Å². The van der Waals surface area contributed by atoms with Crippen LogP contribution >= 0.6 is 0 Å². The lowest BCUT2D eigenvalue weighted by Crippen LogP contribution is -2.50. The second-order valence-electron chi connectivity index (χ2n) is 7.90. The highest BCUT2D eigenvalue weighted by Crippen LogP contribution is 2.37. The van der Waals surface area contributed by atoms with Crippen LogP contribution in [0.2, 0.25) is 0 Å². The lowest BCUT2D eigenvalue weighted by molar-refractivity contribution is -0.135. The first-order valence-corrected chi connectivity index (χ1v) is 10.6. The second kappa shape index (κ2) is 9.31. The van der Waals surface area contributed by atoms with Crippen molar-refractivity contribution in [3.8, 4) is 5.75 Å². The monoisotopic (exact) mass is 420 g/mol. The van der Waals surface area contributed by atoms with Crippen molar-refractivity contribution in [2.24, 2.45) is 5.10 Å². The molecule has 2 heterocycles. The van der Waals surface area contributed by atoms with Crippen molar-refractivity contribution in [2.45, 2.75) is 19.4 Å². The molecular formula is C24H28N4O3. The molecular weight excluding hydrogens is 392 g/mol. The standard InChI is InChI=1S/C24H28N4O3/c1-18(29)27-14-12-26(13-15-27)17-24(30)28-22(20-10-6-7-11-23(20)31-2)16-21(25-28)19-8-4-3-5-9-19/h3-11,22H,12-17H2,1-2H3. The van der Waals surface area contributed by atoms with Gasteiger partial charge < -0.3 is 9.64 Å². The summed E-state index contributed by atoms with van der Waals surface area (Å²) in [5.74, 6) is 0.793. The molecule has 2 aromatic carbocycles. The van der Waals surface area contributed by atoms with E-state index in [2.05, 4.69) is 4.90 Å². The fourth-order valence-electron chi connectivity index (χ4n) is 4.21. The van der Waals surface area contributed by atoms with Crippen molar-refractivity contribution < 1.29 is 14.3 Å². The largest absolute Gasteiger partial charge is 0.496 e. The predicted octanol–water partition coefficient (Wildman–Crippen LogP) is 2.54. The number of hydrogen-bond donors (Lipinski definition) is 0. The maximum Gasteiger partial charge on any atom is 0.257 e. The molecule has 0 spiro atoms. The number of rotatable bonds is 5. The molecule has 0 saturated carbocycles. The van der Waals surface area contributed by atoms with E-state index in [1.54, 1.807) is 19.0 Å². The van der Waals surface area contributed by atoms with Crippen LogP contribution in [0, 0.1) is 0 Å². The number of methoxy groups -OCH3 is 1. The molecule has 1 atom stereocenters. The average Bonchev–Trinajstić information content (AvgIpc) is 3.25. The number of hydrogen-bond acceptors (Lipinski definition) is 5. The van der Waals surface area contributed by atoms with Crippen molar-refractivity contribution in [3.05, 3.63) is 65.7 Å². The van der Waals surface area contributed by atoms with E-state index in [4.69, 9.17) is 9.84 Å².